The van der Waals surface area contributed by atoms with Gasteiger partial charge in [-0.05, 0) is 48.4 Å². The van der Waals surface area contributed by atoms with Gasteiger partial charge in [-0.2, -0.15) is 0 Å². The first kappa shape index (κ1) is 25.2. The lowest BCUT2D eigenvalue weighted by Gasteiger charge is -2.49. The Hall–Kier alpha value is -2.51. The molecule has 36 heavy (non-hydrogen) atoms. The number of nitrogens with zero attached hydrogens (tertiary/aromatic N) is 3. The highest BCUT2D eigenvalue weighted by Crippen LogP contribution is 2.38. The van der Waals surface area contributed by atoms with Crippen LogP contribution in [0.4, 0.5) is 17.1 Å². The predicted octanol–water partition coefficient (Wildman–Crippen LogP) is 6.44. The highest BCUT2D eigenvalue weighted by Gasteiger charge is 2.50. The zero-order valence-corrected chi connectivity index (χ0v) is 22.9. The number of anilines is 3. The summed E-state index contributed by atoms with van der Waals surface area (Å²) >= 11 is 18.8. The Bertz CT molecular complexity index is 1230. The highest BCUT2D eigenvalue weighted by atomic mass is 35.5. The third-order valence-corrected chi connectivity index (χ3v) is 8.43. The summed E-state index contributed by atoms with van der Waals surface area (Å²) < 4.78 is 0. The van der Waals surface area contributed by atoms with Crippen LogP contribution >= 0.6 is 36.0 Å². The van der Waals surface area contributed by atoms with Crippen LogP contribution in [0.5, 0.6) is 0 Å². The minimum atomic E-state index is -0.605. The number of thiocarbonyl (C=S) groups is 2. The Morgan fingerprint density at radius 2 is 1.53 bits per heavy atom. The lowest BCUT2D eigenvalue weighted by molar-refractivity contribution is 0.190. The van der Waals surface area contributed by atoms with Crippen LogP contribution in [0, 0.1) is 0 Å². The molecule has 186 valence electrons. The van der Waals surface area contributed by atoms with Crippen molar-refractivity contribution in [1.82, 2.24) is 4.90 Å². The van der Waals surface area contributed by atoms with Crippen molar-refractivity contribution in [2.45, 2.75) is 25.3 Å². The molecule has 3 aromatic rings. The maximum absolute atomic E-state index is 6.41. The summed E-state index contributed by atoms with van der Waals surface area (Å²) in [5.41, 5.74) is 3.94. The predicted molar refractivity (Wildman–Crippen MR) is 161 cm³/mol. The molecular formula is C29H31ClN4S2. The zero-order chi connectivity index (χ0) is 25.1. The number of benzene rings is 3. The Labute approximate surface area is 229 Å². The molecule has 1 saturated heterocycles. The molecule has 0 aromatic heterocycles. The topological polar surface area (TPSA) is 21.8 Å². The van der Waals surface area contributed by atoms with E-state index in [1.54, 1.807) is 0 Å². The molecule has 1 fully saturated rings. The number of rotatable bonds is 6. The van der Waals surface area contributed by atoms with Crippen LogP contribution in [0.1, 0.15) is 18.9 Å². The fraction of sp³-hybridized carbons (Fsp3) is 0.310. The van der Waals surface area contributed by atoms with E-state index in [1.807, 2.05) is 12.1 Å². The van der Waals surface area contributed by atoms with Gasteiger partial charge in [0.1, 0.15) is 15.5 Å². The second kappa shape index (κ2) is 10.9. The van der Waals surface area contributed by atoms with E-state index in [0.717, 1.165) is 71.9 Å². The molecule has 3 aromatic carbocycles. The smallest absolute Gasteiger partial charge is 0.127 e. The van der Waals surface area contributed by atoms with E-state index in [1.165, 1.54) is 11.3 Å². The van der Waals surface area contributed by atoms with E-state index >= 15 is 0 Å². The summed E-state index contributed by atoms with van der Waals surface area (Å²) in [5, 5.41) is 4.39. The summed E-state index contributed by atoms with van der Waals surface area (Å²) in [6.45, 7) is 6.54. The molecule has 5 rings (SSSR count). The van der Waals surface area contributed by atoms with Crippen LogP contribution in [0.25, 0.3) is 0 Å². The monoisotopic (exact) mass is 534 g/mol. The van der Waals surface area contributed by atoms with Crippen molar-refractivity contribution in [2.75, 3.05) is 47.8 Å². The third-order valence-electron chi connectivity index (χ3n) is 7.18. The minimum Gasteiger partial charge on any atom is -0.369 e. The zero-order valence-electron chi connectivity index (χ0n) is 20.5. The van der Waals surface area contributed by atoms with E-state index in [0.29, 0.717) is 0 Å². The standard InChI is InChI=1S/C29H31ClN4S2/c1-2-16-34-26-11-7-6-10-25(26)31-27(35)29(28(34)36,21-22-8-4-3-5-9-22)33-19-17-32(18-20-33)24-14-12-23(30)13-15-24/h3-15H,2,16-21H2,1H3,(H,31,35). The van der Waals surface area contributed by atoms with E-state index in [9.17, 15) is 0 Å². The van der Waals surface area contributed by atoms with Gasteiger partial charge in [0, 0.05) is 49.9 Å². The van der Waals surface area contributed by atoms with Gasteiger partial charge in [-0.1, -0.05) is 85.4 Å². The second-order valence-corrected chi connectivity index (χ2v) is 10.6. The first-order valence-electron chi connectivity index (χ1n) is 12.5. The van der Waals surface area contributed by atoms with Gasteiger partial charge < -0.3 is 15.1 Å². The second-order valence-electron chi connectivity index (χ2n) is 9.40. The average molecular weight is 535 g/mol. The molecule has 0 amide bonds. The SMILES string of the molecule is CCCN1C(=S)C(Cc2ccccc2)(N2CCN(c3ccc(Cl)cc3)CC2)C(=S)Nc2ccccc21. The Morgan fingerprint density at radius 1 is 0.861 bits per heavy atom. The minimum absolute atomic E-state index is 0.605. The van der Waals surface area contributed by atoms with Crippen LogP contribution in [-0.2, 0) is 6.42 Å². The number of nitrogens with one attached hydrogen (secondary N) is 1. The molecule has 4 nitrogen and oxygen atoms in total. The van der Waals surface area contributed by atoms with Crippen molar-refractivity contribution < 1.29 is 0 Å². The molecule has 2 aliphatic heterocycles. The van der Waals surface area contributed by atoms with Gasteiger partial charge in [0.2, 0.25) is 0 Å². The van der Waals surface area contributed by atoms with Crippen molar-refractivity contribution in [3.63, 3.8) is 0 Å². The van der Waals surface area contributed by atoms with Gasteiger partial charge >= 0.3 is 0 Å². The Kier molecular flexibility index (Phi) is 7.58. The molecular weight excluding hydrogens is 504 g/mol. The summed E-state index contributed by atoms with van der Waals surface area (Å²) in [5.74, 6) is 0. The summed E-state index contributed by atoms with van der Waals surface area (Å²) in [6.07, 6.45) is 1.72. The van der Waals surface area contributed by atoms with Crippen LogP contribution in [0.3, 0.4) is 0 Å². The number of piperazine rings is 1. The largest absolute Gasteiger partial charge is 0.369 e. The molecule has 0 spiro atoms. The molecule has 1 N–H and O–H groups in total. The molecule has 0 bridgehead atoms. The lowest BCUT2D eigenvalue weighted by Crippen LogP contribution is -2.68. The van der Waals surface area contributed by atoms with Crippen molar-refractivity contribution in [1.29, 1.82) is 0 Å². The maximum Gasteiger partial charge on any atom is 0.127 e. The van der Waals surface area contributed by atoms with Crippen molar-refractivity contribution >= 4 is 63.1 Å². The number of hydrogen-bond donors (Lipinski definition) is 1. The fourth-order valence-electron chi connectivity index (χ4n) is 5.35. The first-order valence-corrected chi connectivity index (χ1v) is 13.7. The van der Waals surface area contributed by atoms with Gasteiger partial charge in [0.15, 0.2) is 0 Å². The van der Waals surface area contributed by atoms with Gasteiger partial charge in [0.25, 0.3) is 0 Å². The average Bonchev–Trinajstić information content (AvgIpc) is 2.99. The van der Waals surface area contributed by atoms with Crippen LogP contribution in [0.15, 0.2) is 78.9 Å². The van der Waals surface area contributed by atoms with E-state index in [-0.39, 0.29) is 0 Å². The van der Waals surface area contributed by atoms with Gasteiger partial charge in [-0.25, -0.2) is 0 Å². The number of hydrogen-bond acceptors (Lipinski definition) is 4. The molecule has 1 atom stereocenters. The molecule has 1 unspecified atom stereocenters. The first-order chi connectivity index (χ1) is 17.5. The van der Waals surface area contributed by atoms with E-state index < -0.39 is 5.54 Å². The molecule has 2 heterocycles. The number of fused-ring (bicyclic) bond motifs is 1. The van der Waals surface area contributed by atoms with Gasteiger partial charge in [-0.15, -0.1) is 0 Å². The fourth-order valence-corrected chi connectivity index (χ4v) is 6.44. The molecule has 0 radical (unpaired) electrons. The number of para-hydroxylation sites is 2. The summed E-state index contributed by atoms with van der Waals surface area (Å²) in [6, 6.07) is 27.1. The molecule has 0 aliphatic carbocycles. The lowest BCUT2D eigenvalue weighted by atomic mass is 9.86. The third kappa shape index (κ3) is 4.75. The quantitative estimate of drug-likeness (QED) is 0.365. The molecule has 7 heteroatoms. The number of halogens is 1. The van der Waals surface area contributed by atoms with Crippen LogP contribution < -0.4 is 15.1 Å². The van der Waals surface area contributed by atoms with E-state index in [2.05, 4.69) is 93.7 Å². The maximum atomic E-state index is 6.41. The normalized spacial score (nSPS) is 20.6. The Morgan fingerprint density at radius 3 is 2.22 bits per heavy atom. The van der Waals surface area contributed by atoms with Crippen LogP contribution in [0.2, 0.25) is 5.02 Å². The molecule has 2 aliphatic rings. The summed E-state index contributed by atoms with van der Waals surface area (Å²) in [4.78, 5) is 8.90. The van der Waals surface area contributed by atoms with Crippen molar-refractivity contribution in [3.05, 3.63) is 89.4 Å². The van der Waals surface area contributed by atoms with E-state index in [4.69, 9.17) is 36.0 Å². The van der Waals surface area contributed by atoms with Crippen molar-refractivity contribution in [3.8, 4) is 0 Å². The summed E-state index contributed by atoms with van der Waals surface area (Å²) in [7, 11) is 0. The molecule has 0 saturated carbocycles. The highest BCUT2D eigenvalue weighted by molar-refractivity contribution is 7.82. The van der Waals surface area contributed by atoms with Gasteiger partial charge in [0.05, 0.1) is 11.4 Å². The Balaban J connectivity index is 1.53. The van der Waals surface area contributed by atoms with Crippen LogP contribution in [-0.4, -0.2) is 53.1 Å². The van der Waals surface area contributed by atoms with Gasteiger partial charge in [-0.3, -0.25) is 4.90 Å². The van der Waals surface area contributed by atoms with Crippen molar-refractivity contribution in [2.24, 2.45) is 0 Å².